The smallest absolute Gasteiger partial charge is 0.126 e. The molecule has 21 heavy (non-hydrogen) atoms. The number of hydrogen-bond acceptors (Lipinski definition) is 4. The van der Waals surface area contributed by atoms with E-state index in [9.17, 15) is 5.11 Å². The van der Waals surface area contributed by atoms with E-state index in [1.54, 1.807) is 0 Å². The summed E-state index contributed by atoms with van der Waals surface area (Å²) in [4.78, 5) is 0. The molecule has 0 bridgehead atoms. The van der Waals surface area contributed by atoms with E-state index in [1.165, 1.54) is 0 Å². The molecule has 2 heterocycles. The van der Waals surface area contributed by atoms with Gasteiger partial charge in [-0.05, 0) is 50.6 Å². The summed E-state index contributed by atoms with van der Waals surface area (Å²) >= 11 is 0. The molecule has 2 aliphatic rings. The highest BCUT2D eigenvalue weighted by Gasteiger charge is 2.41. The van der Waals surface area contributed by atoms with Crippen LogP contribution in [0, 0.1) is 0 Å². The summed E-state index contributed by atoms with van der Waals surface area (Å²) in [6.45, 7) is 4.79. The Morgan fingerprint density at radius 2 is 2.19 bits per heavy atom. The Hall–Kier alpha value is -1.26. The SMILES string of the molecule is CCCCOc1ccc2c(c1)[C@H](O)CC1(CCNCC1)O2. The van der Waals surface area contributed by atoms with Crippen LogP contribution in [0.4, 0.5) is 0 Å². The highest BCUT2D eigenvalue weighted by atomic mass is 16.5. The Labute approximate surface area is 126 Å². The summed E-state index contributed by atoms with van der Waals surface area (Å²) in [6, 6.07) is 5.83. The van der Waals surface area contributed by atoms with Crippen molar-refractivity contribution in [3.8, 4) is 11.5 Å². The van der Waals surface area contributed by atoms with Gasteiger partial charge in [0.05, 0.1) is 12.7 Å². The zero-order valence-electron chi connectivity index (χ0n) is 12.7. The van der Waals surface area contributed by atoms with E-state index in [-0.39, 0.29) is 5.60 Å². The number of ether oxygens (including phenoxy) is 2. The zero-order chi connectivity index (χ0) is 14.7. The first-order valence-electron chi connectivity index (χ1n) is 8.07. The van der Waals surface area contributed by atoms with Gasteiger partial charge in [0.15, 0.2) is 0 Å². The Kier molecular flexibility index (Phi) is 4.36. The number of fused-ring (bicyclic) bond motifs is 1. The summed E-state index contributed by atoms with van der Waals surface area (Å²) in [6.07, 6.45) is 4.30. The van der Waals surface area contributed by atoms with Crippen LogP contribution in [-0.4, -0.2) is 30.4 Å². The standard InChI is InChI=1S/C17H25NO3/c1-2-3-10-20-13-4-5-16-14(11-13)15(19)12-17(21-16)6-8-18-9-7-17/h4-5,11,15,18-19H,2-3,6-10,12H2,1H3/t15-/m1/s1. The monoisotopic (exact) mass is 291 g/mol. The average Bonchev–Trinajstić information content (AvgIpc) is 2.49. The van der Waals surface area contributed by atoms with Crippen molar-refractivity contribution < 1.29 is 14.6 Å². The van der Waals surface area contributed by atoms with Crippen molar-refractivity contribution in [1.82, 2.24) is 5.32 Å². The van der Waals surface area contributed by atoms with E-state index in [0.717, 1.165) is 62.4 Å². The number of rotatable bonds is 4. The third-order valence-electron chi connectivity index (χ3n) is 4.51. The third-order valence-corrected chi connectivity index (χ3v) is 4.51. The molecule has 0 aromatic heterocycles. The number of aliphatic hydroxyl groups is 1. The number of hydrogen-bond donors (Lipinski definition) is 2. The van der Waals surface area contributed by atoms with Gasteiger partial charge in [0.25, 0.3) is 0 Å². The summed E-state index contributed by atoms with van der Waals surface area (Å²) in [5.41, 5.74) is 0.676. The number of nitrogens with one attached hydrogen (secondary N) is 1. The normalized spacial score (nSPS) is 23.4. The Bertz CT molecular complexity index is 483. The van der Waals surface area contributed by atoms with Gasteiger partial charge >= 0.3 is 0 Å². The van der Waals surface area contributed by atoms with Gasteiger partial charge in [-0.15, -0.1) is 0 Å². The second kappa shape index (κ2) is 6.24. The zero-order valence-corrected chi connectivity index (χ0v) is 12.7. The fourth-order valence-electron chi connectivity index (χ4n) is 3.23. The van der Waals surface area contributed by atoms with Crippen LogP contribution in [0.1, 0.15) is 50.7 Å². The number of unbranched alkanes of at least 4 members (excludes halogenated alkanes) is 1. The summed E-state index contributed by atoms with van der Waals surface area (Å²) in [5.74, 6) is 1.64. The van der Waals surface area contributed by atoms with Crippen LogP contribution in [0.3, 0.4) is 0 Å². The molecule has 1 fully saturated rings. The lowest BCUT2D eigenvalue weighted by molar-refractivity contribution is -0.0338. The first-order chi connectivity index (χ1) is 10.2. The van der Waals surface area contributed by atoms with Gasteiger partial charge in [-0.25, -0.2) is 0 Å². The van der Waals surface area contributed by atoms with Crippen molar-refractivity contribution in [3.05, 3.63) is 23.8 Å². The minimum atomic E-state index is -0.457. The molecule has 1 spiro atoms. The lowest BCUT2D eigenvalue weighted by Crippen LogP contribution is -2.49. The average molecular weight is 291 g/mol. The molecule has 0 amide bonds. The lowest BCUT2D eigenvalue weighted by Gasteiger charge is -2.43. The van der Waals surface area contributed by atoms with Crippen LogP contribution in [0.25, 0.3) is 0 Å². The van der Waals surface area contributed by atoms with Crippen molar-refractivity contribution in [1.29, 1.82) is 0 Å². The minimum absolute atomic E-state index is 0.192. The van der Waals surface area contributed by atoms with Gasteiger partial charge in [0, 0.05) is 12.0 Å². The molecular formula is C17H25NO3. The van der Waals surface area contributed by atoms with Crippen molar-refractivity contribution in [3.63, 3.8) is 0 Å². The maximum absolute atomic E-state index is 10.5. The number of aliphatic hydroxyl groups excluding tert-OH is 1. The largest absolute Gasteiger partial charge is 0.494 e. The van der Waals surface area contributed by atoms with E-state index in [1.807, 2.05) is 18.2 Å². The highest BCUT2D eigenvalue weighted by Crippen LogP contribution is 2.44. The highest BCUT2D eigenvalue weighted by molar-refractivity contribution is 5.43. The fourth-order valence-corrected chi connectivity index (χ4v) is 3.23. The first-order valence-corrected chi connectivity index (χ1v) is 8.07. The molecule has 0 aliphatic carbocycles. The molecule has 116 valence electrons. The maximum atomic E-state index is 10.5. The molecule has 2 aliphatic heterocycles. The van der Waals surface area contributed by atoms with Crippen LogP contribution in [0.5, 0.6) is 11.5 Å². The molecule has 0 saturated carbocycles. The summed E-state index contributed by atoms with van der Waals surface area (Å²) in [5, 5.41) is 13.9. The van der Waals surface area contributed by atoms with Gasteiger partial charge in [-0.3, -0.25) is 0 Å². The molecule has 1 saturated heterocycles. The minimum Gasteiger partial charge on any atom is -0.494 e. The quantitative estimate of drug-likeness (QED) is 0.838. The molecule has 1 atom stereocenters. The van der Waals surface area contributed by atoms with Crippen LogP contribution >= 0.6 is 0 Å². The summed E-state index contributed by atoms with van der Waals surface area (Å²) in [7, 11) is 0. The van der Waals surface area contributed by atoms with Crippen molar-refractivity contribution >= 4 is 0 Å². The predicted octanol–water partition coefficient (Wildman–Crippen LogP) is 2.80. The lowest BCUT2D eigenvalue weighted by atomic mass is 9.82. The summed E-state index contributed by atoms with van der Waals surface area (Å²) < 4.78 is 12.0. The molecule has 3 rings (SSSR count). The second-order valence-corrected chi connectivity index (χ2v) is 6.16. The second-order valence-electron chi connectivity index (χ2n) is 6.16. The Morgan fingerprint density at radius 3 is 2.95 bits per heavy atom. The van der Waals surface area contributed by atoms with Crippen LogP contribution in [0.2, 0.25) is 0 Å². The van der Waals surface area contributed by atoms with Crippen molar-refractivity contribution in [2.45, 2.75) is 50.7 Å². The molecule has 4 nitrogen and oxygen atoms in total. The predicted molar refractivity (Wildman–Crippen MR) is 81.9 cm³/mol. The van der Waals surface area contributed by atoms with E-state index < -0.39 is 6.10 Å². The molecular weight excluding hydrogens is 266 g/mol. The molecule has 0 radical (unpaired) electrons. The van der Waals surface area contributed by atoms with Gasteiger partial charge in [0.1, 0.15) is 17.1 Å². The van der Waals surface area contributed by atoms with Crippen LogP contribution in [0.15, 0.2) is 18.2 Å². The Balaban J connectivity index is 1.76. The molecule has 0 unspecified atom stereocenters. The van der Waals surface area contributed by atoms with Gasteiger partial charge in [-0.1, -0.05) is 13.3 Å². The van der Waals surface area contributed by atoms with E-state index in [2.05, 4.69) is 12.2 Å². The van der Waals surface area contributed by atoms with E-state index in [4.69, 9.17) is 9.47 Å². The van der Waals surface area contributed by atoms with E-state index >= 15 is 0 Å². The van der Waals surface area contributed by atoms with Gasteiger partial charge in [0.2, 0.25) is 0 Å². The number of piperidine rings is 1. The van der Waals surface area contributed by atoms with Gasteiger partial charge in [-0.2, -0.15) is 0 Å². The molecule has 1 aromatic rings. The topological polar surface area (TPSA) is 50.7 Å². The molecule has 1 aromatic carbocycles. The molecule has 4 heteroatoms. The first kappa shape index (κ1) is 14.7. The maximum Gasteiger partial charge on any atom is 0.126 e. The third kappa shape index (κ3) is 3.16. The number of benzene rings is 1. The molecule has 2 N–H and O–H groups in total. The Morgan fingerprint density at radius 1 is 1.38 bits per heavy atom. The van der Waals surface area contributed by atoms with Crippen molar-refractivity contribution in [2.75, 3.05) is 19.7 Å². The fraction of sp³-hybridized carbons (Fsp3) is 0.647. The van der Waals surface area contributed by atoms with E-state index in [0.29, 0.717) is 6.42 Å². The van der Waals surface area contributed by atoms with Crippen LogP contribution < -0.4 is 14.8 Å². The van der Waals surface area contributed by atoms with Crippen LogP contribution in [-0.2, 0) is 0 Å². The van der Waals surface area contributed by atoms with Crippen molar-refractivity contribution in [2.24, 2.45) is 0 Å². The van der Waals surface area contributed by atoms with Gasteiger partial charge < -0.3 is 19.9 Å².